The van der Waals surface area contributed by atoms with Crippen molar-refractivity contribution < 1.29 is 5.11 Å². The minimum atomic E-state index is -0.524. The van der Waals surface area contributed by atoms with Crippen LogP contribution in [-0.4, -0.2) is 5.11 Å². The molecule has 0 saturated heterocycles. The van der Waals surface area contributed by atoms with Gasteiger partial charge in [-0.3, -0.25) is 0 Å². The molecule has 0 bridgehead atoms. The maximum atomic E-state index is 10.6. The van der Waals surface area contributed by atoms with E-state index in [1.165, 1.54) is 25.7 Å². The number of thiophene rings is 1. The fourth-order valence-corrected chi connectivity index (χ4v) is 3.37. The van der Waals surface area contributed by atoms with Crippen LogP contribution >= 0.6 is 11.3 Å². The third-order valence-corrected chi connectivity index (χ3v) is 4.49. The van der Waals surface area contributed by atoms with Crippen LogP contribution in [0.15, 0.2) is 16.8 Å². The monoisotopic (exact) mass is 224 g/mol. The van der Waals surface area contributed by atoms with E-state index in [2.05, 4.69) is 23.8 Å². The van der Waals surface area contributed by atoms with Crippen molar-refractivity contribution in [2.24, 2.45) is 5.92 Å². The molecule has 2 unspecified atom stereocenters. The van der Waals surface area contributed by atoms with Crippen LogP contribution in [-0.2, 0) is 5.60 Å². The molecule has 1 aliphatic rings. The second-order valence-corrected chi connectivity index (χ2v) is 5.53. The summed E-state index contributed by atoms with van der Waals surface area (Å²) in [6.45, 7) is 2.26. The molecule has 0 aliphatic heterocycles. The van der Waals surface area contributed by atoms with Gasteiger partial charge < -0.3 is 5.11 Å². The zero-order valence-corrected chi connectivity index (χ0v) is 10.2. The maximum Gasteiger partial charge on any atom is 0.0904 e. The average Bonchev–Trinajstić information content (AvgIpc) is 2.71. The molecular weight excluding hydrogens is 204 g/mol. The van der Waals surface area contributed by atoms with Gasteiger partial charge in [0.15, 0.2) is 0 Å². The highest BCUT2D eigenvalue weighted by Crippen LogP contribution is 2.39. The number of hydrogen-bond acceptors (Lipinski definition) is 2. The van der Waals surface area contributed by atoms with Gasteiger partial charge >= 0.3 is 0 Å². The third-order valence-electron chi connectivity index (χ3n) is 3.80. The molecule has 1 saturated carbocycles. The van der Waals surface area contributed by atoms with Crippen LogP contribution in [0.2, 0.25) is 0 Å². The van der Waals surface area contributed by atoms with Crippen LogP contribution in [0.5, 0.6) is 0 Å². The van der Waals surface area contributed by atoms with E-state index in [1.54, 1.807) is 11.3 Å². The Morgan fingerprint density at radius 1 is 1.47 bits per heavy atom. The number of aliphatic hydroxyl groups is 1. The highest BCUT2D eigenvalue weighted by molar-refractivity contribution is 7.08. The second kappa shape index (κ2) is 4.67. The van der Waals surface area contributed by atoms with Gasteiger partial charge in [-0.15, -0.1) is 0 Å². The van der Waals surface area contributed by atoms with Gasteiger partial charge in [-0.05, 0) is 54.0 Å². The van der Waals surface area contributed by atoms with Crippen molar-refractivity contribution in [3.8, 4) is 0 Å². The Labute approximate surface area is 96.1 Å². The van der Waals surface area contributed by atoms with E-state index in [4.69, 9.17) is 0 Å². The van der Waals surface area contributed by atoms with Gasteiger partial charge in [0.1, 0.15) is 0 Å². The topological polar surface area (TPSA) is 20.2 Å². The van der Waals surface area contributed by atoms with E-state index in [9.17, 15) is 5.11 Å². The van der Waals surface area contributed by atoms with Gasteiger partial charge in [0.05, 0.1) is 5.60 Å². The Bertz CT molecular complexity index is 293. The highest BCUT2D eigenvalue weighted by atomic mass is 32.1. The highest BCUT2D eigenvalue weighted by Gasteiger charge is 2.32. The Kier molecular flexibility index (Phi) is 3.47. The van der Waals surface area contributed by atoms with Crippen molar-refractivity contribution in [2.75, 3.05) is 0 Å². The molecule has 15 heavy (non-hydrogen) atoms. The Morgan fingerprint density at radius 2 is 2.33 bits per heavy atom. The molecule has 1 heterocycles. The third kappa shape index (κ3) is 2.43. The average molecular weight is 224 g/mol. The summed E-state index contributed by atoms with van der Waals surface area (Å²) >= 11 is 1.69. The van der Waals surface area contributed by atoms with E-state index in [1.807, 2.05) is 0 Å². The summed E-state index contributed by atoms with van der Waals surface area (Å²) in [6, 6.07) is 2.08. The van der Waals surface area contributed by atoms with E-state index in [0.29, 0.717) is 0 Å². The molecule has 0 spiro atoms. The molecular formula is C13H20OS. The van der Waals surface area contributed by atoms with E-state index in [-0.39, 0.29) is 0 Å². The summed E-state index contributed by atoms with van der Waals surface area (Å²) in [6.07, 6.45) is 6.80. The second-order valence-electron chi connectivity index (χ2n) is 4.75. The predicted molar refractivity (Wildman–Crippen MR) is 65.1 cm³/mol. The van der Waals surface area contributed by atoms with Crippen LogP contribution in [0.4, 0.5) is 0 Å². The minimum absolute atomic E-state index is 0.524. The van der Waals surface area contributed by atoms with Gasteiger partial charge in [-0.1, -0.05) is 19.8 Å². The number of rotatable bonds is 2. The normalized spacial score (nSPS) is 32.5. The zero-order chi connectivity index (χ0) is 10.7. The molecule has 1 N–H and O–H groups in total. The SMILES string of the molecule is CCC1CCCC(O)(c2ccsc2)CC1. The molecule has 0 radical (unpaired) electrons. The van der Waals surface area contributed by atoms with Crippen LogP contribution in [0.3, 0.4) is 0 Å². The van der Waals surface area contributed by atoms with Crippen molar-refractivity contribution in [3.05, 3.63) is 22.4 Å². The molecule has 84 valence electrons. The molecule has 0 aromatic carbocycles. The van der Waals surface area contributed by atoms with Crippen molar-refractivity contribution >= 4 is 11.3 Å². The minimum Gasteiger partial charge on any atom is -0.385 e. The summed E-state index contributed by atoms with van der Waals surface area (Å²) < 4.78 is 0. The molecule has 2 heteroatoms. The molecule has 1 fully saturated rings. The largest absolute Gasteiger partial charge is 0.385 e. The first-order valence-corrected chi connectivity index (χ1v) is 6.94. The summed E-state index contributed by atoms with van der Waals surface area (Å²) in [7, 11) is 0. The molecule has 1 aliphatic carbocycles. The summed E-state index contributed by atoms with van der Waals surface area (Å²) in [5.41, 5.74) is 0.619. The van der Waals surface area contributed by atoms with Crippen molar-refractivity contribution in [3.63, 3.8) is 0 Å². The Hall–Kier alpha value is -0.340. The van der Waals surface area contributed by atoms with Crippen molar-refractivity contribution in [1.29, 1.82) is 0 Å². The first-order chi connectivity index (χ1) is 7.24. The molecule has 1 aromatic rings. The predicted octanol–water partition coefficient (Wildman–Crippen LogP) is 3.93. The Balaban J connectivity index is 2.09. The fourth-order valence-electron chi connectivity index (χ4n) is 2.62. The molecule has 2 rings (SSSR count). The molecule has 0 amide bonds. The maximum absolute atomic E-state index is 10.6. The van der Waals surface area contributed by atoms with Gasteiger partial charge in [-0.2, -0.15) is 11.3 Å². The van der Waals surface area contributed by atoms with Crippen molar-refractivity contribution in [2.45, 2.75) is 51.0 Å². The lowest BCUT2D eigenvalue weighted by Gasteiger charge is -2.25. The molecule has 1 nitrogen and oxygen atoms in total. The molecule has 1 aromatic heterocycles. The zero-order valence-electron chi connectivity index (χ0n) is 9.41. The lowest BCUT2D eigenvalue weighted by atomic mass is 9.88. The number of hydrogen-bond donors (Lipinski definition) is 1. The van der Waals surface area contributed by atoms with Crippen LogP contribution in [0.25, 0.3) is 0 Å². The van der Waals surface area contributed by atoms with Gasteiger partial charge in [0.25, 0.3) is 0 Å². The van der Waals surface area contributed by atoms with Crippen LogP contribution < -0.4 is 0 Å². The van der Waals surface area contributed by atoms with E-state index >= 15 is 0 Å². The lowest BCUT2D eigenvalue weighted by molar-refractivity contribution is 0.0200. The molecule has 2 atom stereocenters. The van der Waals surface area contributed by atoms with Crippen LogP contribution in [0.1, 0.15) is 51.0 Å². The summed E-state index contributed by atoms with van der Waals surface area (Å²) in [5, 5.41) is 14.8. The lowest BCUT2D eigenvalue weighted by Crippen LogP contribution is -2.23. The quantitative estimate of drug-likeness (QED) is 0.755. The van der Waals surface area contributed by atoms with Gasteiger partial charge in [-0.25, -0.2) is 0 Å². The fraction of sp³-hybridized carbons (Fsp3) is 0.692. The summed E-state index contributed by atoms with van der Waals surface area (Å²) in [4.78, 5) is 0. The van der Waals surface area contributed by atoms with E-state index < -0.39 is 5.60 Å². The first kappa shape index (κ1) is 11.2. The Morgan fingerprint density at radius 3 is 3.00 bits per heavy atom. The van der Waals surface area contributed by atoms with Gasteiger partial charge in [0, 0.05) is 0 Å². The van der Waals surface area contributed by atoms with Gasteiger partial charge in [0.2, 0.25) is 0 Å². The summed E-state index contributed by atoms with van der Waals surface area (Å²) in [5.74, 6) is 0.831. The smallest absolute Gasteiger partial charge is 0.0904 e. The first-order valence-electron chi connectivity index (χ1n) is 5.99. The van der Waals surface area contributed by atoms with Crippen LogP contribution in [0, 0.1) is 5.92 Å². The standard InChI is InChI=1S/C13H20OS/c1-2-11-4-3-7-13(14,8-5-11)12-6-9-15-10-12/h6,9-11,14H,2-5,7-8H2,1H3. The van der Waals surface area contributed by atoms with E-state index in [0.717, 1.165) is 24.3 Å². The van der Waals surface area contributed by atoms with Crippen molar-refractivity contribution in [1.82, 2.24) is 0 Å².